The summed E-state index contributed by atoms with van der Waals surface area (Å²) in [5.74, 6) is -0.603. The Labute approximate surface area is 148 Å². The monoisotopic (exact) mass is 340 g/mol. The molecule has 0 aliphatic heterocycles. The second-order valence-electron chi connectivity index (χ2n) is 6.13. The van der Waals surface area contributed by atoms with Crippen molar-refractivity contribution in [3.63, 3.8) is 0 Å². The highest BCUT2D eigenvalue weighted by Gasteiger charge is 2.14. The van der Waals surface area contributed by atoms with Crippen LogP contribution in [0.4, 0.5) is 0 Å². The molecule has 0 saturated carbocycles. The second-order valence-corrected chi connectivity index (χ2v) is 6.13. The van der Waals surface area contributed by atoms with E-state index in [2.05, 4.69) is 10.6 Å². The quantitative estimate of drug-likeness (QED) is 0.795. The molecule has 0 atom stereocenters. The zero-order valence-electron chi connectivity index (χ0n) is 14.8. The molecule has 2 rings (SSSR count). The fourth-order valence-electron chi connectivity index (χ4n) is 2.36. The van der Waals surface area contributed by atoms with Crippen molar-refractivity contribution in [1.29, 1.82) is 0 Å². The summed E-state index contributed by atoms with van der Waals surface area (Å²) < 4.78 is 5.70. The van der Waals surface area contributed by atoms with Crippen molar-refractivity contribution in [2.75, 3.05) is 0 Å². The number of hydrogen-bond acceptors (Lipinski definition) is 3. The Balaban J connectivity index is 1.86. The molecule has 0 unspecified atom stereocenters. The van der Waals surface area contributed by atoms with Gasteiger partial charge in [-0.2, -0.15) is 0 Å². The SMILES string of the molecule is Cc1cccc(CNC(=O)C(=O)NCc2ccccc2OC(C)C)c1. The van der Waals surface area contributed by atoms with E-state index in [1.165, 1.54) is 0 Å². The molecule has 25 heavy (non-hydrogen) atoms. The zero-order chi connectivity index (χ0) is 18.2. The zero-order valence-corrected chi connectivity index (χ0v) is 14.8. The van der Waals surface area contributed by atoms with E-state index in [0.29, 0.717) is 12.3 Å². The molecule has 0 aliphatic rings. The fourth-order valence-corrected chi connectivity index (χ4v) is 2.36. The predicted octanol–water partition coefficient (Wildman–Crippen LogP) is 2.71. The number of amides is 2. The summed E-state index contributed by atoms with van der Waals surface area (Å²) in [7, 11) is 0. The van der Waals surface area contributed by atoms with Crippen molar-refractivity contribution in [3.05, 3.63) is 65.2 Å². The van der Waals surface area contributed by atoms with Crippen LogP contribution >= 0.6 is 0 Å². The van der Waals surface area contributed by atoms with Gasteiger partial charge in [-0.05, 0) is 32.4 Å². The van der Waals surface area contributed by atoms with Crippen LogP contribution in [-0.4, -0.2) is 17.9 Å². The second kappa shape index (κ2) is 8.87. The molecule has 132 valence electrons. The van der Waals surface area contributed by atoms with Gasteiger partial charge in [-0.15, -0.1) is 0 Å². The van der Waals surface area contributed by atoms with Crippen molar-refractivity contribution in [2.24, 2.45) is 0 Å². The van der Waals surface area contributed by atoms with Crippen LogP contribution in [-0.2, 0) is 22.7 Å². The first-order chi connectivity index (χ1) is 12.0. The first-order valence-corrected chi connectivity index (χ1v) is 8.32. The standard InChI is InChI=1S/C20H24N2O3/c1-14(2)25-18-10-5-4-9-17(18)13-22-20(24)19(23)21-12-16-8-6-7-15(3)11-16/h4-11,14H,12-13H2,1-3H3,(H,21,23)(H,22,24). The smallest absolute Gasteiger partial charge is 0.309 e. The first kappa shape index (κ1) is 18.5. The van der Waals surface area contributed by atoms with Crippen molar-refractivity contribution < 1.29 is 14.3 Å². The number of carbonyl (C=O) groups excluding carboxylic acids is 2. The molecule has 5 heteroatoms. The number of carbonyl (C=O) groups is 2. The van der Waals surface area contributed by atoms with Gasteiger partial charge in [0.05, 0.1) is 6.10 Å². The molecule has 0 aromatic heterocycles. The number of benzene rings is 2. The van der Waals surface area contributed by atoms with Gasteiger partial charge in [0.25, 0.3) is 0 Å². The largest absolute Gasteiger partial charge is 0.491 e. The molecule has 0 heterocycles. The predicted molar refractivity (Wildman–Crippen MR) is 97.1 cm³/mol. The lowest BCUT2D eigenvalue weighted by Crippen LogP contribution is -2.39. The number of rotatable bonds is 6. The van der Waals surface area contributed by atoms with Gasteiger partial charge in [-0.3, -0.25) is 9.59 Å². The van der Waals surface area contributed by atoms with Crippen molar-refractivity contribution in [3.8, 4) is 5.75 Å². The van der Waals surface area contributed by atoms with E-state index in [0.717, 1.165) is 16.7 Å². The summed E-state index contributed by atoms with van der Waals surface area (Å²) in [6.07, 6.45) is 0.0366. The van der Waals surface area contributed by atoms with E-state index < -0.39 is 11.8 Å². The molecule has 2 aromatic rings. The Kier molecular flexibility index (Phi) is 6.57. The molecule has 0 spiro atoms. The molecular weight excluding hydrogens is 316 g/mol. The number of ether oxygens (including phenoxy) is 1. The van der Waals surface area contributed by atoms with Gasteiger partial charge >= 0.3 is 11.8 Å². The normalized spacial score (nSPS) is 10.4. The third-order valence-electron chi connectivity index (χ3n) is 3.52. The molecule has 0 saturated heterocycles. The maximum Gasteiger partial charge on any atom is 0.309 e. The summed E-state index contributed by atoms with van der Waals surface area (Å²) in [5.41, 5.74) is 2.89. The molecule has 2 amide bonds. The maximum absolute atomic E-state index is 12.0. The Morgan fingerprint density at radius 1 is 0.960 bits per heavy atom. The lowest BCUT2D eigenvalue weighted by molar-refractivity contribution is -0.139. The Morgan fingerprint density at radius 2 is 1.64 bits per heavy atom. The average molecular weight is 340 g/mol. The molecule has 0 bridgehead atoms. The van der Waals surface area contributed by atoms with Crippen molar-refractivity contribution in [1.82, 2.24) is 10.6 Å². The van der Waals surface area contributed by atoms with Crippen LogP contribution in [0, 0.1) is 6.92 Å². The van der Waals surface area contributed by atoms with Gasteiger partial charge in [0, 0.05) is 18.7 Å². The van der Waals surface area contributed by atoms with Gasteiger partial charge in [0.15, 0.2) is 0 Å². The molecule has 0 fully saturated rings. The topological polar surface area (TPSA) is 67.4 Å². The minimum Gasteiger partial charge on any atom is -0.491 e. The summed E-state index contributed by atoms with van der Waals surface area (Å²) >= 11 is 0. The third-order valence-corrected chi connectivity index (χ3v) is 3.52. The average Bonchev–Trinajstić information content (AvgIpc) is 2.58. The van der Waals surface area contributed by atoms with Crippen molar-refractivity contribution in [2.45, 2.75) is 40.0 Å². The minimum absolute atomic E-state index is 0.0366. The molecule has 2 aromatic carbocycles. The van der Waals surface area contributed by atoms with Crippen LogP contribution in [0.15, 0.2) is 48.5 Å². The van der Waals surface area contributed by atoms with Gasteiger partial charge < -0.3 is 15.4 Å². The molecular formula is C20H24N2O3. The van der Waals surface area contributed by atoms with E-state index >= 15 is 0 Å². The number of aryl methyl sites for hydroxylation is 1. The lowest BCUT2D eigenvalue weighted by Gasteiger charge is -2.14. The van der Waals surface area contributed by atoms with E-state index in [1.54, 1.807) is 0 Å². The third kappa shape index (κ3) is 5.95. The highest BCUT2D eigenvalue weighted by molar-refractivity contribution is 6.35. The van der Waals surface area contributed by atoms with E-state index in [-0.39, 0.29) is 12.6 Å². The van der Waals surface area contributed by atoms with Crippen LogP contribution < -0.4 is 15.4 Å². The lowest BCUT2D eigenvalue weighted by atomic mass is 10.1. The number of hydrogen-bond donors (Lipinski definition) is 2. The first-order valence-electron chi connectivity index (χ1n) is 8.32. The Bertz CT molecular complexity index is 741. The van der Waals surface area contributed by atoms with Gasteiger partial charge in [-0.25, -0.2) is 0 Å². The van der Waals surface area contributed by atoms with E-state index in [4.69, 9.17) is 4.74 Å². The molecule has 2 N–H and O–H groups in total. The summed E-state index contributed by atoms with van der Waals surface area (Å²) in [4.78, 5) is 23.9. The van der Waals surface area contributed by atoms with E-state index in [9.17, 15) is 9.59 Å². The number of para-hydroxylation sites is 1. The summed E-state index contributed by atoms with van der Waals surface area (Å²) in [6, 6.07) is 15.2. The summed E-state index contributed by atoms with van der Waals surface area (Å²) in [6.45, 7) is 6.41. The molecule has 5 nitrogen and oxygen atoms in total. The van der Waals surface area contributed by atoms with Gasteiger partial charge in [-0.1, -0.05) is 48.0 Å². The maximum atomic E-state index is 12.0. The minimum atomic E-state index is -0.660. The molecule has 0 aliphatic carbocycles. The van der Waals surface area contributed by atoms with Crippen LogP contribution in [0.1, 0.15) is 30.5 Å². The highest BCUT2D eigenvalue weighted by Crippen LogP contribution is 2.19. The molecule has 0 radical (unpaired) electrons. The van der Waals surface area contributed by atoms with Gasteiger partial charge in [0.1, 0.15) is 5.75 Å². The highest BCUT2D eigenvalue weighted by atomic mass is 16.5. The Morgan fingerprint density at radius 3 is 2.32 bits per heavy atom. The van der Waals surface area contributed by atoms with Crippen molar-refractivity contribution >= 4 is 11.8 Å². The van der Waals surface area contributed by atoms with Crippen LogP contribution in [0.3, 0.4) is 0 Å². The van der Waals surface area contributed by atoms with Crippen LogP contribution in [0.5, 0.6) is 5.75 Å². The Hall–Kier alpha value is -2.82. The number of nitrogens with one attached hydrogen (secondary N) is 2. The van der Waals surface area contributed by atoms with Gasteiger partial charge in [0.2, 0.25) is 0 Å². The van der Waals surface area contributed by atoms with E-state index in [1.807, 2.05) is 69.3 Å². The fraction of sp³-hybridized carbons (Fsp3) is 0.300. The van der Waals surface area contributed by atoms with Crippen LogP contribution in [0.25, 0.3) is 0 Å². The summed E-state index contributed by atoms with van der Waals surface area (Å²) in [5, 5.41) is 5.26. The van der Waals surface area contributed by atoms with Crippen LogP contribution in [0.2, 0.25) is 0 Å².